The number of pyridine rings is 1. The lowest BCUT2D eigenvalue weighted by Crippen LogP contribution is -2.47. The molecule has 1 spiro atoms. The predicted molar refractivity (Wildman–Crippen MR) is 96.6 cm³/mol. The first-order chi connectivity index (χ1) is 12.2. The van der Waals surface area contributed by atoms with Crippen molar-refractivity contribution < 1.29 is 9.59 Å². The second-order valence-corrected chi connectivity index (χ2v) is 7.97. The van der Waals surface area contributed by atoms with E-state index < -0.39 is 0 Å². The molecule has 0 unspecified atom stereocenters. The maximum atomic E-state index is 12.7. The fraction of sp³-hybridized carbons (Fsp3) is 0.421. The first-order valence-electron chi connectivity index (χ1n) is 8.69. The summed E-state index contributed by atoms with van der Waals surface area (Å²) >= 11 is 1.49. The number of likely N-dealkylation sites (tertiary alicyclic amines) is 2. The Kier molecular flexibility index (Phi) is 4.29. The lowest BCUT2D eigenvalue weighted by Gasteiger charge is -2.40. The number of hydrogen-bond acceptors (Lipinski definition) is 4. The molecule has 2 amide bonds. The number of hydrogen-bond donors (Lipinski definition) is 0. The van der Waals surface area contributed by atoms with Crippen LogP contribution in [0.2, 0.25) is 0 Å². The van der Waals surface area contributed by atoms with Crippen LogP contribution >= 0.6 is 11.3 Å². The quantitative estimate of drug-likeness (QED) is 0.832. The maximum absolute atomic E-state index is 12.7. The molecule has 0 aromatic carbocycles. The van der Waals surface area contributed by atoms with E-state index in [1.807, 2.05) is 33.4 Å². The van der Waals surface area contributed by atoms with Gasteiger partial charge in [0.05, 0.1) is 10.4 Å². The summed E-state index contributed by atoms with van der Waals surface area (Å²) in [4.78, 5) is 34.1. The average molecular weight is 355 g/mol. The third kappa shape index (κ3) is 3.18. The van der Waals surface area contributed by atoms with Crippen LogP contribution in [0.3, 0.4) is 0 Å². The van der Waals surface area contributed by atoms with Crippen molar-refractivity contribution in [1.29, 1.82) is 0 Å². The second-order valence-electron chi connectivity index (χ2n) is 7.03. The van der Waals surface area contributed by atoms with E-state index in [0.29, 0.717) is 5.56 Å². The first kappa shape index (κ1) is 16.3. The SMILES string of the molecule is O=C(c1cccnc1)N1CCC[C@@]2(CCN(C(=O)c3cccs3)C2)C1. The maximum Gasteiger partial charge on any atom is 0.263 e. The lowest BCUT2D eigenvalue weighted by molar-refractivity contribution is 0.0516. The summed E-state index contributed by atoms with van der Waals surface area (Å²) in [5.41, 5.74) is 0.687. The number of aromatic nitrogens is 1. The number of thiophene rings is 1. The molecule has 0 bridgehead atoms. The van der Waals surface area contributed by atoms with Crippen molar-refractivity contribution in [1.82, 2.24) is 14.8 Å². The van der Waals surface area contributed by atoms with E-state index >= 15 is 0 Å². The van der Waals surface area contributed by atoms with Gasteiger partial charge in [-0.25, -0.2) is 0 Å². The molecule has 6 heteroatoms. The number of carbonyl (C=O) groups is 2. The molecule has 2 fully saturated rings. The van der Waals surface area contributed by atoms with Gasteiger partial charge in [-0.3, -0.25) is 14.6 Å². The Morgan fingerprint density at radius 2 is 1.88 bits per heavy atom. The fourth-order valence-corrected chi connectivity index (χ4v) is 4.74. The van der Waals surface area contributed by atoms with Gasteiger partial charge in [0, 0.05) is 44.0 Å². The molecule has 4 heterocycles. The van der Waals surface area contributed by atoms with Gasteiger partial charge >= 0.3 is 0 Å². The molecule has 130 valence electrons. The zero-order valence-corrected chi connectivity index (χ0v) is 14.9. The largest absolute Gasteiger partial charge is 0.338 e. The fourth-order valence-electron chi connectivity index (χ4n) is 4.05. The van der Waals surface area contributed by atoms with Gasteiger partial charge in [-0.1, -0.05) is 6.07 Å². The number of piperidine rings is 1. The summed E-state index contributed by atoms with van der Waals surface area (Å²) in [6.45, 7) is 3.05. The van der Waals surface area contributed by atoms with E-state index in [2.05, 4.69) is 4.98 Å². The smallest absolute Gasteiger partial charge is 0.263 e. The molecule has 2 aliphatic rings. The summed E-state index contributed by atoms with van der Waals surface area (Å²) in [5, 5.41) is 1.94. The minimum Gasteiger partial charge on any atom is -0.338 e. The third-order valence-corrected chi connectivity index (χ3v) is 6.17. The van der Waals surface area contributed by atoms with Gasteiger partial charge in [0.15, 0.2) is 0 Å². The van der Waals surface area contributed by atoms with Crippen LogP contribution in [0.25, 0.3) is 0 Å². The van der Waals surface area contributed by atoms with E-state index in [9.17, 15) is 9.59 Å². The first-order valence-corrected chi connectivity index (χ1v) is 9.57. The molecule has 0 N–H and O–H groups in total. The van der Waals surface area contributed by atoms with Gasteiger partial charge in [0.2, 0.25) is 0 Å². The minimum absolute atomic E-state index is 0.0447. The molecule has 1 atom stereocenters. The minimum atomic E-state index is 0.0447. The van der Waals surface area contributed by atoms with Crippen molar-refractivity contribution in [3.05, 3.63) is 52.5 Å². The Labute approximate surface area is 151 Å². The lowest BCUT2D eigenvalue weighted by atomic mass is 9.79. The number of rotatable bonds is 2. The zero-order valence-electron chi connectivity index (χ0n) is 14.1. The van der Waals surface area contributed by atoms with Gasteiger partial charge in [-0.05, 0) is 42.8 Å². The van der Waals surface area contributed by atoms with Gasteiger partial charge in [-0.15, -0.1) is 11.3 Å². The van der Waals surface area contributed by atoms with Gasteiger partial charge in [0.1, 0.15) is 0 Å². The van der Waals surface area contributed by atoms with Crippen LogP contribution in [-0.2, 0) is 0 Å². The van der Waals surface area contributed by atoms with Crippen molar-refractivity contribution >= 4 is 23.2 Å². The van der Waals surface area contributed by atoms with Crippen LogP contribution in [-0.4, -0.2) is 52.8 Å². The van der Waals surface area contributed by atoms with Crippen LogP contribution < -0.4 is 0 Å². The van der Waals surface area contributed by atoms with Crippen molar-refractivity contribution in [2.45, 2.75) is 19.3 Å². The topological polar surface area (TPSA) is 53.5 Å². The van der Waals surface area contributed by atoms with E-state index in [0.717, 1.165) is 50.3 Å². The molecular weight excluding hydrogens is 334 g/mol. The van der Waals surface area contributed by atoms with Crippen molar-refractivity contribution in [2.75, 3.05) is 26.2 Å². The monoisotopic (exact) mass is 355 g/mol. The Morgan fingerprint density at radius 1 is 1.04 bits per heavy atom. The summed E-state index contributed by atoms with van der Waals surface area (Å²) in [6.07, 6.45) is 6.36. The molecule has 25 heavy (non-hydrogen) atoms. The highest BCUT2D eigenvalue weighted by atomic mass is 32.1. The molecule has 0 radical (unpaired) electrons. The molecule has 2 aliphatic heterocycles. The van der Waals surface area contributed by atoms with Gasteiger partial charge < -0.3 is 9.80 Å². The van der Waals surface area contributed by atoms with Crippen LogP contribution in [0.5, 0.6) is 0 Å². The molecule has 2 aromatic rings. The van der Waals surface area contributed by atoms with Crippen molar-refractivity contribution in [3.8, 4) is 0 Å². The van der Waals surface area contributed by atoms with Crippen LogP contribution in [0.1, 0.15) is 39.3 Å². The van der Waals surface area contributed by atoms with Crippen LogP contribution in [0.15, 0.2) is 42.0 Å². The number of amides is 2. The average Bonchev–Trinajstić information content (AvgIpc) is 3.32. The highest BCUT2D eigenvalue weighted by molar-refractivity contribution is 7.12. The highest BCUT2D eigenvalue weighted by Crippen LogP contribution is 2.40. The van der Waals surface area contributed by atoms with Crippen LogP contribution in [0, 0.1) is 5.41 Å². The van der Waals surface area contributed by atoms with Crippen molar-refractivity contribution in [3.63, 3.8) is 0 Å². The third-order valence-electron chi connectivity index (χ3n) is 5.31. The molecule has 4 rings (SSSR count). The Hall–Kier alpha value is -2.21. The summed E-state index contributed by atoms with van der Waals surface area (Å²) in [6, 6.07) is 7.41. The Bertz CT molecular complexity index is 762. The van der Waals surface area contributed by atoms with E-state index in [-0.39, 0.29) is 17.2 Å². The van der Waals surface area contributed by atoms with E-state index in [1.54, 1.807) is 18.5 Å². The zero-order chi connectivity index (χ0) is 17.3. The summed E-state index contributed by atoms with van der Waals surface area (Å²) in [7, 11) is 0. The molecule has 2 saturated heterocycles. The molecular formula is C19H21N3O2S. The molecule has 2 aromatic heterocycles. The normalized spacial score (nSPS) is 23.2. The van der Waals surface area contributed by atoms with E-state index in [4.69, 9.17) is 0 Å². The number of nitrogens with zero attached hydrogens (tertiary/aromatic N) is 3. The summed E-state index contributed by atoms with van der Waals surface area (Å²) in [5.74, 6) is 0.179. The van der Waals surface area contributed by atoms with Crippen LogP contribution in [0.4, 0.5) is 0 Å². The second kappa shape index (κ2) is 6.59. The standard InChI is InChI=1S/C19H21N3O2S/c23-17(15-4-1-8-20-12-15)21-9-3-6-19(13-21)7-10-22(14-19)18(24)16-5-2-11-25-16/h1-2,4-5,8,11-12H,3,6-7,9-10,13-14H2/t19-/m1/s1. The summed E-state index contributed by atoms with van der Waals surface area (Å²) < 4.78 is 0. The van der Waals surface area contributed by atoms with Gasteiger partial charge in [0.25, 0.3) is 11.8 Å². The number of carbonyl (C=O) groups excluding carboxylic acids is 2. The van der Waals surface area contributed by atoms with E-state index in [1.165, 1.54) is 11.3 Å². The van der Waals surface area contributed by atoms with Gasteiger partial charge in [-0.2, -0.15) is 0 Å². The Balaban J connectivity index is 1.46. The molecule has 5 nitrogen and oxygen atoms in total. The predicted octanol–water partition coefficient (Wildman–Crippen LogP) is 2.91. The molecule has 0 aliphatic carbocycles. The highest BCUT2D eigenvalue weighted by Gasteiger charge is 2.44. The Morgan fingerprint density at radius 3 is 2.60 bits per heavy atom. The molecule has 0 saturated carbocycles. The van der Waals surface area contributed by atoms with Crippen molar-refractivity contribution in [2.24, 2.45) is 5.41 Å².